The fourth-order valence-electron chi connectivity index (χ4n) is 1.66. The normalized spacial score (nSPS) is 11.2. The lowest BCUT2D eigenvalue weighted by atomic mass is 10.3. The number of aromatic amines is 1. The molecular weight excluding hydrogens is 236 g/mol. The average molecular weight is 252 g/mol. The molecule has 0 atom stereocenters. The Morgan fingerprint density at radius 3 is 3.00 bits per heavy atom. The molecule has 0 spiro atoms. The van der Waals surface area contributed by atoms with Crippen LogP contribution in [0.1, 0.15) is 31.3 Å². The van der Waals surface area contributed by atoms with Crippen LogP contribution in [0.2, 0.25) is 0 Å². The van der Waals surface area contributed by atoms with Crippen LogP contribution in [-0.2, 0) is 13.1 Å². The summed E-state index contributed by atoms with van der Waals surface area (Å²) in [6, 6.07) is 0.412. The van der Waals surface area contributed by atoms with E-state index < -0.39 is 0 Å². The van der Waals surface area contributed by atoms with Crippen LogP contribution in [0.4, 0.5) is 0 Å². The Labute approximate surface area is 104 Å². The minimum absolute atomic E-state index is 0.00553. The molecule has 0 saturated carbocycles. The van der Waals surface area contributed by atoms with E-state index in [9.17, 15) is 4.79 Å². The molecule has 0 fully saturated rings. The van der Waals surface area contributed by atoms with Crippen molar-refractivity contribution in [2.45, 2.75) is 33.0 Å². The van der Waals surface area contributed by atoms with Crippen molar-refractivity contribution in [3.8, 4) is 0 Å². The highest BCUT2D eigenvalue weighted by molar-refractivity contribution is 7.07. The van der Waals surface area contributed by atoms with Gasteiger partial charge in [0, 0.05) is 36.4 Å². The molecule has 2 N–H and O–H groups in total. The number of hydrogen-bond acceptors (Lipinski definition) is 4. The third-order valence-corrected chi connectivity index (χ3v) is 3.21. The van der Waals surface area contributed by atoms with Crippen molar-refractivity contribution in [1.82, 2.24) is 19.9 Å². The Bertz CT molecular complexity index is 525. The fourth-order valence-corrected chi connectivity index (χ4v) is 2.24. The van der Waals surface area contributed by atoms with Crippen LogP contribution in [0, 0.1) is 0 Å². The molecular formula is C11H16N4OS. The first kappa shape index (κ1) is 12.1. The van der Waals surface area contributed by atoms with Crippen LogP contribution in [-0.4, -0.2) is 14.5 Å². The summed E-state index contributed by atoms with van der Waals surface area (Å²) < 4.78 is 2.13. The van der Waals surface area contributed by atoms with E-state index in [1.165, 1.54) is 11.3 Å². The molecule has 2 aromatic heterocycles. The average Bonchev–Trinajstić information content (AvgIpc) is 2.87. The summed E-state index contributed by atoms with van der Waals surface area (Å²) in [4.78, 5) is 17.9. The molecule has 2 aromatic rings. The van der Waals surface area contributed by atoms with Gasteiger partial charge in [-0.15, -0.1) is 0 Å². The zero-order chi connectivity index (χ0) is 12.3. The second-order valence-corrected chi connectivity index (χ2v) is 5.01. The number of hydrogen-bond donors (Lipinski definition) is 2. The number of nitrogens with zero attached hydrogens (tertiary/aromatic N) is 2. The Morgan fingerprint density at radius 2 is 2.35 bits per heavy atom. The van der Waals surface area contributed by atoms with Gasteiger partial charge in [-0.3, -0.25) is 4.79 Å². The highest BCUT2D eigenvalue weighted by atomic mass is 32.1. The molecule has 0 bridgehead atoms. The van der Waals surface area contributed by atoms with E-state index >= 15 is 0 Å². The summed E-state index contributed by atoms with van der Waals surface area (Å²) >= 11 is 1.19. The van der Waals surface area contributed by atoms with Gasteiger partial charge in [0.15, 0.2) is 0 Å². The van der Waals surface area contributed by atoms with Crippen molar-refractivity contribution in [2.75, 3.05) is 0 Å². The van der Waals surface area contributed by atoms with Crippen LogP contribution >= 0.6 is 11.3 Å². The zero-order valence-corrected chi connectivity index (χ0v) is 10.8. The first-order chi connectivity index (χ1) is 8.16. The van der Waals surface area contributed by atoms with Gasteiger partial charge in [0.05, 0.1) is 12.0 Å². The van der Waals surface area contributed by atoms with Crippen molar-refractivity contribution in [3.05, 3.63) is 39.0 Å². The monoisotopic (exact) mass is 252 g/mol. The quantitative estimate of drug-likeness (QED) is 0.847. The first-order valence-corrected chi connectivity index (χ1v) is 6.43. The van der Waals surface area contributed by atoms with Crippen molar-refractivity contribution >= 4 is 11.3 Å². The van der Waals surface area contributed by atoms with Crippen LogP contribution in [0.5, 0.6) is 0 Å². The molecule has 0 saturated heterocycles. The number of imidazole rings is 1. The largest absolute Gasteiger partial charge is 0.331 e. The molecule has 0 aliphatic heterocycles. The molecule has 5 nitrogen and oxygen atoms in total. The summed E-state index contributed by atoms with van der Waals surface area (Å²) in [7, 11) is 0. The van der Waals surface area contributed by atoms with E-state index in [1.807, 2.05) is 17.9 Å². The van der Waals surface area contributed by atoms with Gasteiger partial charge in [0.25, 0.3) is 0 Å². The van der Waals surface area contributed by atoms with Gasteiger partial charge in [0.2, 0.25) is 0 Å². The summed E-state index contributed by atoms with van der Waals surface area (Å²) in [6.07, 6.45) is 3.71. The van der Waals surface area contributed by atoms with Crippen LogP contribution in [0.25, 0.3) is 0 Å². The van der Waals surface area contributed by atoms with Crippen molar-refractivity contribution in [2.24, 2.45) is 0 Å². The Balaban J connectivity index is 1.90. The summed E-state index contributed by atoms with van der Waals surface area (Å²) in [5.74, 6) is 0. The molecule has 17 heavy (non-hydrogen) atoms. The molecule has 2 rings (SSSR count). The molecule has 0 aliphatic carbocycles. The lowest BCUT2D eigenvalue weighted by molar-refractivity contribution is 0.549. The van der Waals surface area contributed by atoms with Gasteiger partial charge in [-0.1, -0.05) is 11.3 Å². The van der Waals surface area contributed by atoms with Crippen LogP contribution in [0.3, 0.4) is 0 Å². The van der Waals surface area contributed by atoms with Gasteiger partial charge in [-0.2, -0.15) is 0 Å². The van der Waals surface area contributed by atoms with Gasteiger partial charge in [-0.25, -0.2) is 4.98 Å². The Hall–Kier alpha value is -1.40. The summed E-state index contributed by atoms with van der Waals surface area (Å²) in [5, 5.41) is 5.13. The maximum Gasteiger partial charge on any atom is 0.304 e. The number of nitrogens with one attached hydrogen (secondary N) is 2. The van der Waals surface area contributed by atoms with E-state index in [-0.39, 0.29) is 4.87 Å². The van der Waals surface area contributed by atoms with Gasteiger partial charge in [0.1, 0.15) is 0 Å². The molecule has 92 valence electrons. The zero-order valence-electron chi connectivity index (χ0n) is 9.93. The fraction of sp³-hybridized carbons (Fsp3) is 0.455. The standard InChI is InChI=1S/C11H16N4OS/c1-8(2)15-7-13-5-10(15)4-12-3-9-6-17-11(16)14-9/h5-8,12H,3-4H2,1-2H3,(H,14,16). The predicted octanol–water partition coefficient (Wildman–Crippen LogP) is 1.50. The van der Waals surface area contributed by atoms with E-state index in [1.54, 1.807) is 0 Å². The molecule has 0 unspecified atom stereocenters. The maximum atomic E-state index is 10.9. The molecule has 0 radical (unpaired) electrons. The van der Waals surface area contributed by atoms with Gasteiger partial charge < -0.3 is 14.9 Å². The SMILES string of the molecule is CC(C)n1cncc1CNCc1csc(=O)[nH]1. The topological polar surface area (TPSA) is 62.7 Å². The molecule has 6 heteroatoms. The van der Waals surface area contributed by atoms with Crippen molar-refractivity contribution in [3.63, 3.8) is 0 Å². The lowest BCUT2D eigenvalue weighted by Gasteiger charge is -2.11. The number of aromatic nitrogens is 3. The van der Waals surface area contributed by atoms with E-state index in [0.717, 1.165) is 17.9 Å². The van der Waals surface area contributed by atoms with Gasteiger partial charge >= 0.3 is 4.87 Å². The third-order valence-electron chi connectivity index (χ3n) is 2.50. The van der Waals surface area contributed by atoms with Crippen LogP contribution in [0.15, 0.2) is 22.7 Å². The minimum Gasteiger partial charge on any atom is -0.331 e. The van der Waals surface area contributed by atoms with Crippen LogP contribution < -0.4 is 10.2 Å². The van der Waals surface area contributed by atoms with Crippen molar-refractivity contribution < 1.29 is 0 Å². The molecule has 0 aliphatic rings. The number of thiazole rings is 1. The predicted molar refractivity (Wildman–Crippen MR) is 68.1 cm³/mol. The molecule has 0 aromatic carbocycles. The highest BCUT2D eigenvalue weighted by Crippen LogP contribution is 2.08. The van der Waals surface area contributed by atoms with E-state index in [0.29, 0.717) is 12.6 Å². The molecule has 2 heterocycles. The number of rotatable bonds is 5. The Kier molecular flexibility index (Phi) is 3.75. The van der Waals surface area contributed by atoms with Gasteiger partial charge in [-0.05, 0) is 13.8 Å². The van der Waals surface area contributed by atoms with E-state index in [2.05, 4.69) is 33.7 Å². The Morgan fingerprint density at radius 1 is 1.53 bits per heavy atom. The maximum absolute atomic E-state index is 10.9. The lowest BCUT2D eigenvalue weighted by Crippen LogP contribution is -2.17. The second-order valence-electron chi connectivity index (χ2n) is 4.16. The summed E-state index contributed by atoms with van der Waals surface area (Å²) in [6.45, 7) is 5.67. The van der Waals surface area contributed by atoms with Crippen molar-refractivity contribution in [1.29, 1.82) is 0 Å². The van der Waals surface area contributed by atoms with E-state index in [4.69, 9.17) is 0 Å². The smallest absolute Gasteiger partial charge is 0.304 e. The number of H-pyrrole nitrogens is 1. The first-order valence-electron chi connectivity index (χ1n) is 5.55. The highest BCUT2D eigenvalue weighted by Gasteiger charge is 2.04. The molecule has 0 amide bonds. The second kappa shape index (κ2) is 5.29. The third kappa shape index (κ3) is 3.04. The minimum atomic E-state index is -0.00553. The summed E-state index contributed by atoms with van der Waals surface area (Å²) in [5.41, 5.74) is 2.08.